The highest BCUT2D eigenvalue weighted by Crippen LogP contribution is 2.18. The summed E-state index contributed by atoms with van der Waals surface area (Å²) in [4.78, 5) is 13.7. The standard InChI is InChI=1S/C11H18N2O/c1-9-4-7-13(8-5-9)11(14)10(2)3-6-12/h9-10H,3-5,7-8H2,1-2H3. The first kappa shape index (κ1) is 11.0. The highest BCUT2D eigenvalue weighted by molar-refractivity contribution is 5.78. The minimum Gasteiger partial charge on any atom is -0.342 e. The number of hydrogen-bond acceptors (Lipinski definition) is 2. The van der Waals surface area contributed by atoms with Crippen molar-refractivity contribution in [1.82, 2.24) is 4.90 Å². The van der Waals surface area contributed by atoms with Crippen LogP contribution < -0.4 is 0 Å². The van der Waals surface area contributed by atoms with Crippen LogP contribution in [0.3, 0.4) is 0 Å². The first-order valence-electron chi connectivity index (χ1n) is 5.31. The number of carbonyl (C=O) groups excluding carboxylic acids is 1. The van der Waals surface area contributed by atoms with Gasteiger partial charge in [-0.1, -0.05) is 13.8 Å². The summed E-state index contributed by atoms with van der Waals surface area (Å²) < 4.78 is 0. The van der Waals surface area contributed by atoms with E-state index in [1.807, 2.05) is 17.9 Å². The van der Waals surface area contributed by atoms with Crippen LogP contribution in [0.25, 0.3) is 0 Å². The van der Waals surface area contributed by atoms with Crippen LogP contribution in [0.2, 0.25) is 0 Å². The third-order valence-corrected chi connectivity index (χ3v) is 2.91. The van der Waals surface area contributed by atoms with E-state index >= 15 is 0 Å². The minimum absolute atomic E-state index is 0.131. The summed E-state index contributed by atoms with van der Waals surface area (Å²) in [5.41, 5.74) is 0. The lowest BCUT2D eigenvalue weighted by molar-refractivity contribution is -0.136. The number of likely N-dealkylation sites (tertiary alicyclic amines) is 1. The lowest BCUT2D eigenvalue weighted by Crippen LogP contribution is -2.40. The Morgan fingerprint density at radius 3 is 2.64 bits per heavy atom. The van der Waals surface area contributed by atoms with Gasteiger partial charge in [-0.25, -0.2) is 0 Å². The highest BCUT2D eigenvalue weighted by atomic mass is 16.2. The van der Waals surface area contributed by atoms with E-state index in [9.17, 15) is 4.79 Å². The number of piperidine rings is 1. The summed E-state index contributed by atoms with van der Waals surface area (Å²) in [5, 5.41) is 8.51. The maximum atomic E-state index is 11.8. The largest absolute Gasteiger partial charge is 0.342 e. The Labute approximate surface area is 85.7 Å². The molecule has 0 spiro atoms. The number of nitriles is 1. The molecule has 3 nitrogen and oxygen atoms in total. The Balaban J connectivity index is 2.42. The molecule has 1 fully saturated rings. The van der Waals surface area contributed by atoms with Gasteiger partial charge >= 0.3 is 0 Å². The topological polar surface area (TPSA) is 44.1 Å². The Kier molecular flexibility index (Phi) is 3.94. The molecule has 0 aliphatic carbocycles. The van der Waals surface area contributed by atoms with E-state index in [1.165, 1.54) is 0 Å². The molecule has 1 saturated heterocycles. The second kappa shape index (κ2) is 4.99. The molecule has 1 heterocycles. The molecule has 0 saturated carbocycles. The SMILES string of the molecule is CC1CCN(C(=O)C(C)CC#N)CC1. The van der Waals surface area contributed by atoms with Gasteiger partial charge in [-0.3, -0.25) is 4.79 Å². The molecule has 0 aromatic heterocycles. The number of rotatable bonds is 2. The lowest BCUT2D eigenvalue weighted by Gasteiger charge is -2.31. The normalized spacial score (nSPS) is 20.2. The van der Waals surface area contributed by atoms with Crippen molar-refractivity contribution in [3.8, 4) is 6.07 Å². The van der Waals surface area contributed by atoms with Crippen molar-refractivity contribution in [3.63, 3.8) is 0 Å². The third kappa shape index (κ3) is 2.73. The molecule has 0 N–H and O–H groups in total. The average Bonchev–Trinajstić information content (AvgIpc) is 2.18. The number of hydrogen-bond donors (Lipinski definition) is 0. The second-order valence-electron chi connectivity index (χ2n) is 4.27. The zero-order valence-electron chi connectivity index (χ0n) is 8.99. The van der Waals surface area contributed by atoms with E-state index in [0.29, 0.717) is 6.42 Å². The van der Waals surface area contributed by atoms with Crippen LogP contribution in [0.5, 0.6) is 0 Å². The third-order valence-electron chi connectivity index (χ3n) is 2.91. The maximum absolute atomic E-state index is 11.8. The molecule has 0 bridgehead atoms. The predicted molar refractivity (Wildman–Crippen MR) is 54.4 cm³/mol. The van der Waals surface area contributed by atoms with Crippen molar-refractivity contribution in [3.05, 3.63) is 0 Å². The van der Waals surface area contributed by atoms with E-state index in [4.69, 9.17) is 5.26 Å². The number of nitrogens with zero attached hydrogens (tertiary/aromatic N) is 2. The van der Waals surface area contributed by atoms with E-state index in [2.05, 4.69) is 6.92 Å². The van der Waals surface area contributed by atoms with Crippen molar-refractivity contribution >= 4 is 5.91 Å². The fraction of sp³-hybridized carbons (Fsp3) is 0.818. The van der Waals surface area contributed by atoms with Gasteiger partial charge in [0.25, 0.3) is 0 Å². The van der Waals surface area contributed by atoms with Gasteiger partial charge in [0.2, 0.25) is 5.91 Å². The van der Waals surface area contributed by atoms with E-state index in [0.717, 1.165) is 31.8 Å². The van der Waals surface area contributed by atoms with E-state index in [1.54, 1.807) is 0 Å². The molecule has 1 aliphatic rings. The van der Waals surface area contributed by atoms with Crippen LogP contribution in [0.4, 0.5) is 0 Å². The zero-order valence-corrected chi connectivity index (χ0v) is 8.99. The quantitative estimate of drug-likeness (QED) is 0.672. The molecule has 1 rings (SSSR count). The van der Waals surface area contributed by atoms with Gasteiger partial charge in [-0.15, -0.1) is 0 Å². The van der Waals surface area contributed by atoms with Crippen molar-refractivity contribution in [1.29, 1.82) is 5.26 Å². The van der Waals surface area contributed by atoms with Crippen LogP contribution in [0, 0.1) is 23.2 Å². The number of amides is 1. The molecule has 14 heavy (non-hydrogen) atoms. The molecule has 1 atom stereocenters. The minimum atomic E-state index is -0.131. The number of carbonyl (C=O) groups is 1. The first-order chi connectivity index (χ1) is 6.65. The zero-order chi connectivity index (χ0) is 10.6. The van der Waals surface area contributed by atoms with Crippen LogP contribution in [-0.2, 0) is 4.79 Å². The molecular weight excluding hydrogens is 176 g/mol. The molecule has 1 unspecified atom stereocenters. The molecule has 1 aliphatic heterocycles. The average molecular weight is 194 g/mol. The molecule has 0 aromatic carbocycles. The Morgan fingerprint density at radius 2 is 2.14 bits per heavy atom. The summed E-state index contributed by atoms with van der Waals surface area (Å²) in [7, 11) is 0. The summed E-state index contributed by atoms with van der Waals surface area (Å²) in [5.74, 6) is 0.761. The van der Waals surface area contributed by atoms with Crippen molar-refractivity contribution in [2.24, 2.45) is 11.8 Å². The Hall–Kier alpha value is -1.04. The Bertz CT molecular complexity index is 236. The maximum Gasteiger partial charge on any atom is 0.226 e. The van der Waals surface area contributed by atoms with Crippen LogP contribution in [0.1, 0.15) is 33.1 Å². The Morgan fingerprint density at radius 1 is 1.57 bits per heavy atom. The molecule has 1 amide bonds. The monoisotopic (exact) mass is 194 g/mol. The first-order valence-corrected chi connectivity index (χ1v) is 5.31. The summed E-state index contributed by atoms with van der Waals surface area (Å²) in [6, 6.07) is 2.05. The predicted octanol–water partition coefficient (Wildman–Crippen LogP) is 1.79. The molecule has 0 aromatic rings. The van der Waals surface area contributed by atoms with Gasteiger partial charge in [0.1, 0.15) is 0 Å². The van der Waals surface area contributed by atoms with Crippen LogP contribution in [-0.4, -0.2) is 23.9 Å². The molecule has 3 heteroatoms. The van der Waals surface area contributed by atoms with Crippen molar-refractivity contribution in [2.75, 3.05) is 13.1 Å². The van der Waals surface area contributed by atoms with Gasteiger partial charge in [-0.05, 0) is 18.8 Å². The summed E-state index contributed by atoms with van der Waals surface area (Å²) in [6.45, 7) is 5.80. The van der Waals surface area contributed by atoms with Gasteiger partial charge < -0.3 is 4.90 Å². The summed E-state index contributed by atoms with van der Waals surface area (Å²) in [6.07, 6.45) is 2.54. The van der Waals surface area contributed by atoms with Crippen LogP contribution in [0.15, 0.2) is 0 Å². The lowest BCUT2D eigenvalue weighted by atomic mass is 9.97. The fourth-order valence-corrected chi connectivity index (χ4v) is 1.76. The highest BCUT2D eigenvalue weighted by Gasteiger charge is 2.23. The van der Waals surface area contributed by atoms with Crippen LogP contribution >= 0.6 is 0 Å². The second-order valence-corrected chi connectivity index (χ2v) is 4.27. The van der Waals surface area contributed by atoms with Gasteiger partial charge in [0.05, 0.1) is 6.07 Å². The van der Waals surface area contributed by atoms with E-state index in [-0.39, 0.29) is 11.8 Å². The van der Waals surface area contributed by atoms with Crippen molar-refractivity contribution < 1.29 is 4.79 Å². The molecule has 0 radical (unpaired) electrons. The summed E-state index contributed by atoms with van der Waals surface area (Å²) >= 11 is 0. The molecule has 78 valence electrons. The molecular formula is C11H18N2O. The van der Waals surface area contributed by atoms with E-state index < -0.39 is 0 Å². The van der Waals surface area contributed by atoms with Gasteiger partial charge in [0, 0.05) is 25.4 Å². The van der Waals surface area contributed by atoms with Gasteiger partial charge in [0.15, 0.2) is 0 Å². The fourth-order valence-electron chi connectivity index (χ4n) is 1.76. The smallest absolute Gasteiger partial charge is 0.226 e. The van der Waals surface area contributed by atoms with Gasteiger partial charge in [-0.2, -0.15) is 5.26 Å². The van der Waals surface area contributed by atoms with Crippen molar-refractivity contribution in [2.45, 2.75) is 33.1 Å².